The smallest absolute Gasteiger partial charge is 0.123 e. The summed E-state index contributed by atoms with van der Waals surface area (Å²) in [4.78, 5) is 0. The third-order valence-corrected chi connectivity index (χ3v) is 8.79. The standard InChI is InChI=1S/C45H76O3/c1-3-5-7-9-11-13-15-17-19-21-23-25-27-29-31-33-38-47-44-40-43(36-35-37-46)41-45(42-44)48-39-34-32-30-28-26-24-22-20-18-16-14-12-10-8-6-4-2/h11-14,17-20,40-42,46H,3-10,15-16,21-39H2,1-2H3/b13-11-,14-12-,19-17-,20-18-. The Bertz CT molecular complexity index is 860. The summed E-state index contributed by atoms with van der Waals surface area (Å²) in [6.07, 6.45) is 50.3. The van der Waals surface area contributed by atoms with Gasteiger partial charge in [-0.3, -0.25) is 0 Å². The minimum absolute atomic E-state index is 0.209. The fourth-order valence-electron chi connectivity index (χ4n) is 5.79. The van der Waals surface area contributed by atoms with Crippen molar-refractivity contribution in [2.24, 2.45) is 0 Å². The number of ether oxygens (including phenoxy) is 2. The summed E-state index contributed by atoms with van der Waals surface area (Å²) in [6, 6.07) is 6.30. The molecule has 1 N–H and O–H groups in total. The van der Waals surface area contributed by atoms with E-state index in [9.17, 15) is 5.11 Å². The number of unbranched alkanes of at least 4 members (excludes halogenated alkanes) is 18. The molecule has 0 aliphatic rings. The van der Waals surface area contributed by atoms with Crippen molar-refractivity contribution in [3.05, 3.63) is 72.4 Å². The average Bonchev–Trinajstić information content (AvgIpc) is 3.10. The summed E-state index contributed by atoms with van der Waals surface area (Å²) in [6.45, 7) is 6.23. The molecule has 0 saturated heterocycles. The summed E-state index contributed by atoms with van der Waals surface area (Å²) in [7, 11) is 0. The van der Waals surface area contributed by atoms with Crippen molar-refractivity contribution in [3.8, 4) is 11.5 Å². The molecule has 0 saturated carbocycles. The maximum Gasteiger partial charge on any atom is 0.123 e. The zero-order valence-corrected chi connectivity index (χ0v) is 31.6. The molecule has 0 radical (unpaired) electrons. The predicted octanol–water partition coefficient (Wildman–Crippen LogP) is 14.0. The molecule has 1 rings (SSSR count). The molecule has 0 bridgehead atoms. The summed E-state index contributed by atoms with van der Waals surface area (Å²) in [5.41, 5.74) is 1.19. The third kappa shape index (κ3) is 29.8. The van der Waals surface area contributed by atoms with Crippen LogP contribution in [0.2, 0.25) is 0 Å². The highest BCUT2D eigenvalue weighted by Gasteiger charge is 2.05. The monoisotopic (exact) mass is 665 g/mol. The normalized spacial score (nSPS) is 12.1. The molecule has 0 aliphatic heterocycles. The van der Waals surface area contributed by atoms with Crippen LogP contribution in [0.1, 0.15) is 180 Å². The first-order valence-electron chi connectivity index (χ1n) is 20.4. The van der Waals surface area contributed by atoms with Crippen LogP contribution in [0.5, 0.6) is 11.5 Å². The van der Waals surface area contributed by atoms with Gasteiger partial charge >= 0.3 is 0 Å². The Morgan fingerprint density at radius 3 is 1.21 bits per heavy atom. The minimum atomic E-state index is 0.209. The molecule has 0 amide bonds. The molecular weight excluding hydrogens is 588 g/mol. The lowest BCUT2D eigenvalue weighted by atomic mass is 10.1. The van der Waals surface area contributed by atoms with Crippen molar-refractivity contribution < 1.29 is 14.6 Å². The van der Waals surface area contributed by atoms with E-state index >= 15 is 0 Å². The Morgan fingerprint density at radius 1 is 0.438 bits per heavy atom. The van der Waals surface area contributed by atoms with Gasteiger partial charge in [0, 0.05) is 12.7 Å². The van der Waals surface area contributed by atoms with Gasteiger partial charge in [-0.1, -0.05) is 140 Å². The second kappa shape index (κ2) is 36.0. The Labute approximate surface area is 298 Å². The maximum absolute atomic E-state index is 9.32. The van der Waals surface area contributed by atoms with E-state index in [0.717, 1.165) is 63.2 Å². The van der Waals surface area contributed by atoms with Gasteiger partial charge in [0.1, 0.15) is 11.5 Å². The molecular formula is C45H76O3. The Morgan fingerprint density at radius 2 is 0.812 bits per heavy atom. The topological polar surface area (TPSA) is 38.7 Å². The lowest BCUT2D eigenvalue weighted by Crippen LogP contribution is -2.02. The number of allylic oxidation sites excluding steroid dienone is 8. The van der Waals surface area contributed by atoms with Gasteiger partial charge in [-0.25, -0.2) is 0 Å². The fourth-order valence-corrected chi connectivity index (χ4v) is 5.79. The molecule has 0 spiro atoms. The van der Waals surface area contributed by atoms with Crippen molar-refractivity contribution in [2.75, 3.05) is 19.8 Å². The first-order chi connectivity index (χ1) is 23.8. The second-order valence-electron chi connectivity index (χ2n) is 13.5. The summed E-state index contributed by atoms with van der Waals surface area (Å²) < 4.78 is 12.3. The predicted molar refractivity (Wildman–Crippen MR) is 212 cm³/mol. The highest BCUT2D eigenvalue weighted by atomic mass is 16.5. The van der Waals surface area contributed by atoms with Gasteiger partial charge in [0.05, 0.1) is 13.2 Å². The van der Waals surface area contributed by atoms with Crippen LogP contribution in [-0.2, 0) is 6.42 Å². The number of benzene rings is 1. The summed E-state index contributed by atoms with van der Waals surface area (Å²) in [5.74, 6) is 1.81. The van der Waals surface area contributed by atoms with Gasteiger partial charge < -0.3 is 14.6 Å². The van der Waals surface area contributed by atoms with E-state index in [1.165, 1.54) is 134 Å². The molecule has 0 unspecified atom stereocenters. The van der Waals surface area contributed by atoms with E-state index in [1.807, 2.05) is 6.07 Å². The lowest BCUT2D eigenvalue weighted by Gasteiger charge is -2.13. The molecule has 3 nitrogen and oxygen atoms in total. The van der Waals surface area contributed by atoms with Crippen molar-refractivity contribution in [2.45, 2.75) is 181 Å². The van der Waals surface area contributed by atoms with Gasteiger partial charge in [0.2, 0.25) is 0 Å². The van der Waals surface area contributed by atoms with Crippen LogP contribution in [0.15, 0.2) is 66.8 Å². The first kappa shape index (κ1) is 43.8. The van der Waals surface area contributed by atoms with Gasteiger partial charge in [-0.15, -0.1) is 0 Å². The first-order valence-corrected chi connectivity index (χ1v) is 20.4. The number of hydrogen-bond donors (Lipinski definition) is 1. The van der Waals surface area contributed by atoms with E-state index < -0.39 is 0 Å². The molecule has 0 atom stereocenters. The minimum Gasteiger partial charge on any atom is -0.493 e. The molecule has 0 fully saturated rings. The largest absolute Gasteiger partial charge is 0.493 e. The molecule has 3 heteroatoms. The van der Waals surface area contributed by atoms with Gasteiger partial charge in [-0.2, -0.15) is 0 Å². The second-order valence-corrected chi connectivity index (χ2v) is 13.5. The highest BCUT2D eigenvalue weighted by molar-refractivity contribution is 5.38. The van der Waals surface area contributed by atoms with Crippen molar-refractivity contribution in [1.82, 2.24) is 0 Å². The summed E-state index contributed by atoms with van der Waals surface area (Å²) in [5, 5.41) is 9.32. The van der Waals surface area contributed by atoms with Crippen LogP contribution in [0.4, 0.5) is 0 Å². The van der Waals surface area contributed by atoms with E-state index in [0.29, 0.717) is 0 Å². The van der Waals surface area contributed by atoms with Crippen LogP contribution in [0, 0.1) is 0 Å². The van der Waals surface area contributed by atoms with Crippen LogP contribution in [0.3, 0.4) is 0 Å². The number of aryl methyl sites for hydroxylation is 1. The quantitative estimate of drug-likeness (QED) is 0.0580. The van der Waals surface area contributed by atoms with Crippen LogP contribution < -0.4 is 9.47 Å². The van der Waals surface area contributed by atoms with Gasteiger partial charge in [-0.05, 0) is 108 Å². The molecule has 0 aromatic heterocycles. The average molecular weight is 665 g/mol. The summed E-state index contributed by atoms with van der Waals surface area (Å²) >= 11 is 0. The van der Waals surface area contributed by atoms with Crippen molar-refractivity contribution in [1.29, 1.82) is 0 Å². The zero-order chi connectivity index (χ0) is 34.4. The molecule has 0 heterocycles. The van der Waals surface area contributed by atoms with E-state index in [-0.39, 0.29) is 6.61 Å². The van der Waals surface area contributed by atoms with E-state index in [4.69, 9.17) is 9.47 Å². The maximum atomic E-state index is 9.32. The van der Waals surface area contributed by atoms with E-state index in [2.05, 4.69) is 74.6 Å². The highest BCUT2D eigenvalue weighted by Crippen LogP contribution is 2.25. The lowest BCUT2D eigenvalue weighted by molar-refractivity contribution is 0.284. The third-order valence-electron chi connectivity index (χ3n) is 8.79. The van der Waals surface area contributed by atoms with Gasteiger partial charge in [0.15, 0.2) is 0 Å². The van der Waals surface area contributed by atoms with Crippen LogP contribution in [0.25, 0.3) is 0 Å². The number of aliphatic hydroxyl groups excluding tert-OH is 1. The van der Waals surface area contributed by atoms with E-state index in [1.54, 1.807) is 0 Å². The molecule has 1 aromatic rings. The Hall–Kier alpha value is -2.26. The molecule has 48 heavy (non-hydrogen) atoms. The Balaban J connectivity index is 2.12. The van der Waals surface area contributed by atoms with Crippen molar-refractivity contribution >= 4 is 0 Å². The van der Waals surface area contributed by atoms with Crippen LogP contribution >= 0.6 is 0 Å². The SMILES string of the molecule is CCCCC/C=C\C/C=C\CCCCCCCCOc1cc(CCCO)cc(OCCCCCCCC/C=C\C/C=C\CCCCC)c1. The van der Waals surface area contributed by atoms with Crippen LogP contribution in [-0.4, -0.2) is 24.9 Å². The molecule has 1 aromatic carbocycles. The number of aliphatic hydroxyl groups is 1. The van der Waals surface area contributed by atoms with Crippen molar-refractivity contribution in [3.63, 3.8) is 0 Å². The van der Waals surface area contributed by atoms with Gasteiger partial charge in [0.25, 0.3) is 0 Å². The number of hydrogen-bond acceptors (Lipinski definition) is 3. The molecule has 274 valence electrons. The number of rotatable bonds is 35. The fraction of sp³-hybridized carbons (Fsp3) is 0.689. The molecule has 0 aliphatic carbocycles. The Kier molecular flexibility index (Phi) is 32.9. The zero-order valence-electron chi connectivity index (χ0n) is 31.6.